The standard InChI is InChI=1S/C13H7Cl2FO2S/c14-10-3-2-8(6-11(10)15)19-12-4-1-7(16)5-9(12)13(17)18/h1-6H,(H,17,18)/p-1. The van der Waals surface area contributed by atoms with Gasteiger partial charge in [0.25, 0.3) is 0 Å². The van der Waals surface area contributed by atoms with Crippen LogP contribution in [0.4, 0.5) is 4.39 Å². The van der Waals surface area contributed by atoms with Gasteiger partial charge in [0.2, 0.25) is 0 Å². The van der Waals surface area contributed by atoms with Crippen molar-refractivity contribution in [1.82, 2.24) is 0 Å². The average molecular weight is 316 g/mol. The first-order valence-electron chi connectivity index (χ1n) is 5.11. The highest BCUT2D eigenvalue weighted by Crippen LogP contribution is 2.34. The van der Waals surface area contributed by atoms with Crippen LogP contribution in [0.3, 0.4) is 0 Å². The fourth-order valence-corrected chi connectivity index (χ4v) is 2.74. The molecule has 2 aromatic carbocycles. The van der Waals surface area contributed by atoms with Crippen molar-refractivity contribution in [2.24, 2.45) is 0 Å². The summed E-state index contributed by atoms with van der Waals surface area (Å²) >= 11 is 12.8. The highest BCUT2D eigenvalue weighted by molar-refractivity contribution is 7.99. The predicted octanol–water partition coefficient (Wildman–Crippen LogP) is 3.65. The van der Waals surface area contributed by atoms with Crippen LogP contribution < -0.4 is 5.11 Å². The third kappa shape index (κ3) is 3.41. The zero-order chi connectivity index (χ0) is 14.0. The smallest absolute Gasteiger partial charge is 0.123 e. The van der Waals surface area contributed by atoms with Crippen LogP contribution in [0.1, 0.15) is 10.4 Å². The van der Waals surface area contributed by atoms with E-state index in [9.17, 15) is 14.3 Å². The van der Waals surface area contributed by atoms with Crippen LogP contribution in [0.25, 0.3) is 0 Å². The maximum atomic E-state index is 13.0. The molecule has 0 heterocycles. The number of hydrogen-bond acceptors (Lipinski definition) is 3. The van der Waals surface area contributed by atoms with E-state index in [0.717, 1.165) is 17.8 Å². The number of carboxylic acid groups (broad SMARTS) is 1. The fraction of sp³-hybridized carbons (Fsp3) is 0. The maximum absolute atomic E-state index is 13.0. The number of carbonyl (C=O) groups excluding carboxylic acids is 1. The number of carboxylic acids is 1. The quantitative estimate of drug-likeness (QED) is 0.868. The SMILES string of the molecule is O=C([O-])c1cc(F)ccc1Sc1ccc(Cl)c(Cl)c1. The van der Waals surface area contributed by atoms with E-state index in [4.69, 9.17) is 23.2 Å². The second-order valence-corrected chi connectivity index (χ2v) is 5.54. The third-order valence-corrected chi connectivity index (χ3v) is 4.08. The number of aromatic carboxylic acids is 1. The number of carbonyl (C=O) groups is 1. The largest absolute Gasteiger partial charge is 0.545 e. The first kappa shape index (κ1) is 14.2. The Labute approximate surface area is 123 Å². The molecule has 0 saturated heterocycles. The van der Waals surface area contributed by atoms with Gasteiger partial charge in [-0.2, -0.15) is 0 Å². The number of rotatable bonds is 3. The van der Waals surface area contributed by atoms with Crippen LogP contribution in [0.2, 0.25) is 10.0 Å². The van der Waals surface area contributed by atoms with Crippen LogP contribution in [-0.4, -0.2) is 5.97 Å². The van der Waals surface area contributed by atoms with Crippen molar-refractivity contribution in [3.63, 3.8) is 0 Å². The van der Waals surface area contributed by atoms with E-state index >= 15 is 0 Å². The zero-order valence-electron chi connectivity index (χ0n) is 9.32. The van der Waals surface area contributed by atoms with Crippen molar-refractivity contribution in [2.45, 2.75) is 9.79 Å². The minimum atomic E-state index is -1.43. The summed E-state index contributed by atoms with van der Waals surface area (Å²) in [5.74, 6) is -2.06. The molecule has 0 unspecified atom stereocenters. The normalized spacial score (nSPS) is 10.5. The topological polar surface area (TPSA) is 40.1 Å². The molecule has 0 aliphatic heterocycles. The lowest BCUT2D eigenvalue weighted by Crippen LogP contribution is -2.23. The molecule has 2 nitrogen and oxygen atoms in total. The van der Waals surface area contributed by atoms with Gasteiger partial charge in [0.05, 0.1) is 16.0 Å². The molecular weight excluding hydrogens is 310 g/mol. The van der Waals surface area contributed by atoms with Crippen molar-refractivity contribution < 1.29 is 14.3 Å². The molecule has 98 valence electrons. The molecule has 0 N–H and O–H groups in total. The maximum Gasteiger partial charge on any atom is 0.123 e. The Morgan fingerprint density at radius 1 is 1.11 bits per heavy atom. The summed E-state index contributed by atoms with van der Waals surface area (Å²) in [4.78, 5) is 12.0. The lowest BCUT2D eigenvalue weighted by molar-refractivity contribution is -0.255. The molecule has 0 saturated carbocycles. The lowest BCUT2D eigenvalue weighted by Gasteiger charge is -2.10. The molecule has 2 aromatic rings. The Hall–Kier alpha value is -1.23. The lowest BCUT2D eigenvalue weighted by atomic mass is 10.2. The molecule has 6 heteroatoms. The minimum Gasteiger partial charge on any atom is -0.545 e. The van der Waals surface area contributed by atoms with Crippen molar-refractivity contribution in [1.29, 1.82) is 0 Å². The molecule has 19 heavy (non-hydrogen) atoms. The summed E-state index contributed by atoms with van der Waals surface area (Å²) < 4.78 is 13.0. The Kier molecular flexibility index (Phi) is 4.34. The van der Waals surface area contributed by atoms with Gasteiger partial charge >= 0.3 is 0 Å². The van der Waals surface area contributed by atoms with E-state index in [1.54, 1.807) is 18.2 Å². The van der Waals surface area contributed by atoms with Gasteiger partial charge in [-0.3, -0.25) is 0 Å². The summed E-state index contributed by atoms with van der Waals surface area (Å²) in [6.45, 7) is 0. The highest BCUT2D eigenvalue weighted by atomic mass is 35.5. The van der Waals surface area contributed by atoms with Gasteiger partial charge in [0.1, 0.15) is 5.82 Å². The molecular formula is C13H6Cl2FO2S-. The molecule has 0 radical (unpaired) electrons. The number of hydrogen-bond donors (Lipinski definition) is 0. The van der Waals surface area contributed by atoms with E-state index in [0.29, 0.717) is 19.8 Å². The van der Waals surface area contributed by atoms with E-state index < -0.39 is 11.8 Å². The van der Waals surface area contributed by atoms with Gasteiger partial charge in [-0.1, -0.05) is 35.0 Å². The summed E-state index contributed by atoms with van der Waals surface area (Å²) in [7, 11) is 0. The zero-order valence-corrected chi connectivity index (χ0v) is 11.7. The van der Waals surface area contributed by atoms with Crippen LogP contribution in [0.5, 0.6) is 0 Å². The van der Waals surface area contributed by atoms with Crippen molar-refractivity contribution >= 4 is 40.9 Å². The van der Waals surface area contributed by atoms with E-state index in [-0.39, 0.29) is 5.56 Å². The van der Waals surface area contributed by atoms with Crippen LogP contribution in [-0.2, 0) is 0 Å². The van der Waals surface area contributed by atoms with Crippen LogP contribution in [0.15, 0.2) is 46.2 Å². The average Bonchev–Trinajstić information content (AvgIpc) is 2.36. The Bertz CT molecular complexity index is 647. The first-order chi connectivity index (χ1) is 8.97. The molecule has 0 spiro atoms. The van der Waals surface area contributed by atoms with Gasteiger partial charge < -0.3 is 9.90 Å². The first-order valence-corrected chi connectivity index (χ1v) is 6.68. The van der Waals surface area contributed by atoms with E-state index in [2.05, 4.69) is 0 Å². The molecule has 0 aliphatic carbocycles. The summed E-state index contributed by atoms with van der Waals surface area (Å²) in [5.41, 5.74) is -0.198. The van der Waals surface area contributed by atoms with E-state index in [1.807, 2.05) is 0 Å². The summed E-state index contributed by atoms with van der Waals surface area (Å²) in [6.07, 6.45) is 0. The van der Waals surface area contributed by atoms with Gasteiger partial charge in [0, 0.05) is 15.4 Å². The van der Waals surface area contributed by atoms with Crippen molar-refractivity contribution in [2.75, 3.05) is 0 Å². The van der Waals surface area contributed by atoms with Gasteiger partial charge in [-0.15, -0.1) is 0 Å². The Morgan fingerprint density at radius 3 is 2.47 bits per heavy atom. The third-order valence-electron chi connectivity index (χ3n) is 2.28. The summed E-state index contributed by atoms with van der Waals surface area (Å²) in [5, 5.41) is 11.7. The molecule has 2 rings (SSSR count). The second-order valence-electron chi connectivity index (χ2n) is 3.61. The van der Waals surface area contributed by atoms with Gasteiger partial charge in [-0.25, -0.2) is 4.39 Å². The number of benzene rings is 2. The van der Waals surface area contributed by atoms with Crippen molar-refractivity contribution in [3.05, 3.63) is 57.8 Å². The van der Waals surface area contributed by atoms with Gasteiger partial charge in [-0.05, 0) is 36.4 Å². The predicted molar refractivity (Wildman–Crippen MR) is 71.3 cm³/mol. The van der Waals surface area contributed by atoms with Crippen molar-refractivity contribution in [3.8, 4) is 0 Å². The molecule has 0 aromatic heterocycles. The number of halogens is 3. The van der Waals surface area contributed by atoms with Gasteiger partial charge in [0.15, 0.2) is 0 Å². The van der Waals surface area contributed by atoms with Crippen LogP contribution in [0, 0.1) is 5.82 Å². The monoisotopic (exact) mass is 315 g/mol. The fourth-order valence-electron chi connectivity index (χ4n) is 1.42. The van der Waals surface area contributed by atoms with Crippen LogP contribution >= 0.6 is 35.0 Å². The molecule has 0 fully saturated rings. The molecule has 0 atom stereocenters. The minimum absolute atomic E-state index is 0.198. The molecule has 0 bridgehead atoms. The Balaban J connectivity index is 2.37. The summed E-state index contributed by atoms with van der Waals surface area (Å²) in [6, 6.07) is 8.40. The molecule has 0 amide bonds. The Morgan fingerprint density at radius 2 is 1.84 bits per heavy atom. The van der Waals surface area contributed by atoms with E-state index in [1.165, 1.54) is 12.1 Å². The second kappa shape index (κ2) is 5.82. The molecule has 0 aliphatic rings. The highest BCUT2D eigenvalue weighted by Gasteiger charge is 2.08.